The van der Waals surface area contributed by atoms with E-state index in [-0.39, 0.29) is 19.1 Å². The van der Waals surface area contributed by atoms with Crippen LogP contribution in [0.15, 0.2) is 24.3 Å². The van der Waals surface area contributed by atoms with E-state index < -0.39 is 5.91 Å². The van der Waals surface area contributed by atoms with Crippen molar-refractivity contribution in [2.24, 2.45) is 0 Å². The van der Waals surface area contributed by atoms with Crippen LogP contribution in [0.1, 0.15) is 0 Å². The van der Waals surface area contributed by atoms with E-state index in [1.165, 1.54) is 0 Å². The molecule has 0 atom stereocenters. The average Bonchev–Trinajstić information content (AvgIpc) is 2.44. The third-order valence-electron chi connectivity index (χ3n) is 2.35. The second kappa shape index (κ2) is 8.76. The van der Waals surface area contributed by atoms with Crippen LogP contribution in [0.25, 0.3) is 0 Å². The van der Waals surface area contributed by atoms with Crippen molar-refractivity contribution >= 4 is 17.5 Å². The summed E-state index contributed by atoms with van der Waals surface area (Å²) in [5.41, 5.74) is 6.12. The monoisotopic (exact) mass is 281 g/mol. The highest BCUT2D eigenvalue weighted by atomic mass is 16.5. The lowest BCUT2D eigenvalue weighted by molar-refractivity contribution is -0.127. The van der Waals surface area contributed by atoms with Gasteiger partial charge in [0.05, 0.1) is 18.8 Å². The van der Waals surface area contributed by atoms with E-state index in [1.54, 1.807) is 31.4 Å². The van der Waals surface area contributed by atoms with Crippen molar-refractivity contribution in [2.75, 3.05) is 39.1 Å². The SMILES string of the molecule is COCCNC(=O)CNC(=O)COc1ccccc1N. The molecule has 0 fully saturated rings. The first-order valence-electron chi connectivity index (χ1n) is 6.13. The Kier molecular flexibility index (Phi) is 6.91. The number of nitrogen functional groups attached to an aromatic ring is 1. The molecule has 7 nitrogen and oxygen atoms in total. The second-order valence-electron chi connectivity index (χ2n) is 3.95. The minimum Gasteiger partial charge on any atom is -0.482 e. The van der Waals surface area contributed by atoms with Crippen LogP contribution in [-0.2, 0) is 14.3 Å². The zero-order chi connectivity index (χ0) is 14.8. The van der Waals surface area contributed by atoms with Gasteiger partial charge >= 0.3 is 0 Å². The van der Waals surface area contributed by atoms with Crippen molar-refractivity contribution in [1.82, 2.24) is 10.6 Å². The minimum atomic E-state index is -0.393. The van der Waals surface area contributed by atoms with Gasteiger partial charge in [0.15, 0.2) is 6.61 Å². The number of rotatable bonds is 8. The fraction of sp³-hybridized carbons (Fsp3) is 0.385. The maximum Gasteiger partial charge on any atom is 0.258 e. The maximum absolute atomic E-state index is 11.5. The molecule has 110 valence electrons. The number of hydrogen-bond acceptors (Lipinski definition) is 5. The molecule has 0 unspecified atom stereocenters. The number of para-hydroxylation sites is 2. The topological polar surface area (TPSA) is 103 Å². The average molecular weight is 281 g/mol. The van der Waals surface area contributed by atoms with Gasteiger partial charge in [-0.1, -0.05) is 12.1 Å². The molecular formula is C13H19N3O4. The number of ether oxygens (including phenoxy) is 2. The first-order chi connectivity index (χ1) is 9.63. The molecule has 1 rings (SSSR count). The van der Waals surface area contributed by atoms with Gasteiger partial charge in [0.25, 0.3) is 5.91 Å². The van der Waals surface area contributed by atoms with Crippen molar-refractivity contribution in [3.63, 3.8) is 0 Å². The Morgan fingerprint density at radius 2 is 1.95 bits per heavy atom. The van der Waals surface area contributed by atoms with Gasteiger partial charge in [0.1, 0.15) is 5.75 Å². The third-order valence-corrected chi connectivity index (χ3v) is 2.35. The van der Waals surface area contributed by atoms with E-state index in [0.717, 1.165) is 0 Å². The third kappa shape index (κ3) is 6.05. The fourth-order valence-electron chi connectivity index (χ4n) is 1.34. The summed E-state index contributed by atoms with van der Waals surface area (Å²) in [5, 5.41) is 5.02. The number of benzene rings is 1. The lowest BCUT2D eigenvalue weighted by Gasteiger charge is -2.09. The van der Waals surface area contributed by atoms with Crippen molar-refractivity contribution in [3.8, 4) is 5.75 Å². The van der Waals surface area contributed by atoms with Crippen molar-refractivity contribution in [3.05, 3.63) is 24.3 Å². The molecule has 0 aliphatic heterocycles. The number of nitrogens with two attached hydrogens (primary N) is 1. The Morgan fingerprint density at radius 3 is 2.65 bits per heavy atom. The van der Waals surface area contributed by atoms with Gasteiger partial charge in [0.2, 0.25) is 5.91 Å². The first kappa shape index (κ1) is 15.8. The second-order valence-corrected chi connectivity index (χ2v) is 3.95. The Labute approximate surface area is 117 Å². The summed E-state index contributed by atoms with van der Waals surface area (Å²) >= 11 is 0. The number of anilines is 1. The number of hydrogen-bond donors (Lipinski definition) is 3. The highest BCUT2D eigenvalue weighted by Gasteiger charge is 2.07. The Bertz CT molecular complexity index is 451. The van der Waals surface area contributed by atoms with Crippen LogP contribution in [-0.4, -0.2) is 45.2 Å². The molecule has 4 N–H and O–H groups in total. The van der Waals surface area contributed by atoms with Gasteiger partial charge in [-0.05, 0) is 12.1 Å². The van der Waals surface area contributed by atoms with E-state index in [1.807, 2.05) is 0 Å². The molecule has 7 heteroatoms. The number of nitrogens with one attached hydrogen (secondary N) is 2. The van der Waals surface area contributed by atoms with E-state index in [2.05, 4.69) is 10.6 Å². The standard InChI is InChI=1S/C13H19N3O4/c1-19-7-6-15-12(17)8-16-13(18)9-20-11-5-3-2-4-10(11)14/h2-5H,6-9,14H2,1H3,(H,15,17)(H,16,18). The van der Waals surface area contributed by atoms with Crippen LogP contribution in [0.2, 0.25) is 0 Å². The summed E-state index contributed by atoms with van der Waals surface area (Å²) in [6.07, 6.45) is 0. The molecular weight excluding hydrogens is 262 g/mol. The van der Waals surface area contributed by atoms with E-state index in [9.17, 15) is 9.59 Å². The lowest BCUT2D eigenvalue weighted by Crippen LogP contribution is -2.39. The largest absolute Gasteiger partial charge is 0.482 e. The van der Waals surface area contributed by atoms with Crippen LogP contribution in [0, 0.1) is 0 Å². The highest BCUT2D eigenvalue weighted by Crippen LogP contribution is 2.19. The molecule has 0 saturated heterocycles. The van der Waals surface area contributed by atoms with E-state index >= 15 is 0 Å². The number of methoxy groups -OCH3 is 1. The molecule has 0 saturated carbocycles. The highest BCUT2D eigenvalue weighted by molar-refractivity contribution is 5.85. The maximum atomic E-state index is 11.5. The molecule has 1 aromatic carbocycles. The lowest BCUT2D eigenvalue weighted by atomic mass is 10.3. The molecule has 0 aliphatic carbocycles. The molecule has 0 aromatic heterocycles. The van der Waals surface area contributed by atoms with Gasteiger partial charge in [-0.25, -0.2) is 0 Å². The molecule has 2 amide bonds. The van der Waals surface area contributed by atoms with Crippen molar-refractivity contribution < 1.29 is 19.1 Å². The number of carbonyl (C=O) groups is 2. The molecule has 0 aliphatic rings. The van der Waals surface area contributed by atoms with Gasteiger partial charge in [0, 0.05) is 13.7 Å². The summed E-state index contributed by atoms with van der Waals surface area (Å²) in [4.78, 5) is 22.8. The zero-order valence-corrected chi connectivity index (χ0v) is 11.3. The van der Waals surface area contributed by atoms with Crippen LogP contribution in [0.5, 0.6) is 5.75 Å². The summed E-state index contributed by atoms with van der Waals surface area (Å²) in [6.45, 7) is 0.536. The quantitative estimate of drug-likeness (QED) is 0.441. The molecule has 0 spiro atoms. The van der Waals surface area contributed by atoms with Gasteiger partial charge in [-0.2, -0.15) is 0 Å². The van der Waals surface area contributed by atoms with E-state index in [4.69, 9.17) is 15.2 Å². The molecule has 0 radical (unpaired) electrons. The predicted octanol–water partition coefficient (Wildman–Crippen LogP) is -0.474. The molecule has 1 aromatic rings. The van der Waals surface area contributed by atoms with Crippen LogP contribution >= 0.6 is 0 Å². The van der Waals surface area contributed by atoms with E-state index in [0.29, 0.717) is 24.6 Å². The van der Waals surface area contributed by atoms with Crippen LogP contribution < -0.4 is 21.1 Å². The zero-order valence-electron chi connectivity index (χ0n) is 11.3. The normalized spacial score (nSPS) is 9.85. The molecule has 20 heavy (non-hydrogen) atoms. The van der Waals surface area contributed by atoms with Crippen molar-refractivity contribution in [2.45, 2.75) is 0 Å². The minimum absolute atomic E-state index is 0.101. The summed E-state index contributed by atoms with van der Waals surface area (Å²) in [7, 11) is 1.54. The van der Waals surface area contributed by atoms with Gasteiger partial charge in [-0.15, -0.1) is 0 Å². The summed E-state index contributed by atoms with van der Waals surface area (Å²) in [6, 6.07) is 6.87. The van der Waals surface area contributed by atoms with Gasteiger partial charge < -0.3 is 25.8 Å². The van der Waals surface area contributed by atoms with Crippen LogP contribution in [0.3, 0.4) is 0 Å². The summed E-state index contributed by atoms with van der Waals surface area (Å²) < 4.78 is 10.0. The smallest absolute Gasteiger partial charge is 0.258 e. The Hall–Kier alpha value is -2.28. The molecule has 0 heterocycles. The van der Waals surface area contributed by atoms with Crippen LogP contribution in [0.4, 0.5) is 5.69 Å². The van der Waals surface area contributed by atoms with Gasteiger partial charge in [-0.3, -0.25) is 9.59 Å². The summed E-state index contributed by atoms with van der Waals surface area (Å²) in [5.74, 6) is -0.239. The fourth-order valence-corrected chi connectivity index (χ4v) is 1.34. The number of carbonyl (C=O) groups excluding carboxylic acids is 2. The molecule has 0 bridgehead atoms. The predicted molar refractivity (Wildman–Crippen MR) is 74.2 cm³/mol. The first-order valence-corrected chi connectivity index (χ1v) is 6.13. The Morgan fingerprint density at radius 1 is 1.20 bits per heavy atom. The number of amides is 2. The van der Waals surface area contributed by atoms with Crippen molar-refractivity contribution in [1.29, 1.82) is 0 Å². The Balaban J connectivity index is 2.21.